The molecule has 1 heterocycles. The molecule has 7 heteroatoms. The molecule has 33 heavy (non-hydrogen) atoms. The number of fused-ring (bicyclic) bond motifs is 3. The Morgan fingerprint density at radius 2 is 1.48 bits per heavy atom. The molecule has 1 aliphatic heterocycles. The van der Waals surface area contributed by atoms with Crippen LogP contribution < -0.4 is 0 Å². The second kappa shape index (κ2) is 8.39. The molecule has 3 aliphatic rings. The lowest BCUT2D eigenvalue weighted by Gasteiger charge is -2.49. The number of amides is 1. The predicted octanol–water partition coefficient (Wildman–Crippen LogP) is 4.38. The zero-order valence-electron chi connectivity index (χ0n) is 18.4. The Kier molecular flexibility index (Phi) is 5.68. The first-order chi connectivity index (χ1) is 15.8. The van der Waals surface area contributed by atoms with Gasteiger partial charge in [0, 0.05) is 16.1 Å². The summed E-state index contributed by atoms with van der Waals surface area (Å²) < 4.78 is 0. The first kappa shape index (κ1) is 22.3. The maximum absolute atomic E-state index is 13.3. The van der Waals surface area contributed by atoms with Gasteiger partial charge in [0.05, 0.1) is 18.8 Å². The topological polar surface area (TPSA) is 57.7 Å². The van der Waals surface area contributed by atoms with Crippen molar-refractivity contribution in [1.82, 2.24) is 9.80 Å². The molecule has 0 N–H and O–H groups in total. The van der Waals surface area contributed by atoms with E-state index in [0.29, 0.717) is 16.7 Å². The number of halogens is 2. The van der Waals surface area contributed by atoms with Gasteiger partial charge < -0.3 is 4.90 Å². The Balaban J connectivity index is 1.72. The summed E-state index contributed by atoms with van der Waals surface area (Å²) in [6, 6.07) is 11.0. The Labute approximate surface area is 203 Å². The molecule has 0 bridgehead atoms. The molecule has 170 valence electrons. The van der Waals surface area contributed by atoms with Crippen LogP contribution in [0, 0.1) is 5.92 Å². The molecule has 0 spiro atoms. The monoisotopic (exact) mass is 482 g/mol. The van der Waals surface area contributed by atoms with E-state index in [2.05, 4.69) is 4.90 Å². The summed E-state index contributed by atoms with van der Waals surface area (Å²) >= 11 is 12.7. The van der Waals surface area contributed by atoms with Crippen LogP contribution in [-0.2, 0) is 27.2 Å². The van der Waals surface area contributed by atoms with Crippen LogP contribution in [0.2, 0.25) is 10.0 Å². The van der Waals surface area contributed by atoms with Crippen LogP contribution in [0.5, 0.6) is 0 Å². The molecule has 2 aliphatic carbocycles. The minimum atomic E-state index is -1.03. The Morgan fingerprint density at radius 3 is 2.03 bits per heavy atom. The van der Waals surface area contributed by atoms with E-state index in [1.165, 1.54) is 6.08 Å². The van der Waals surface area contributed by atoms with Crippen LogP contribution in [0.15, 0.2) is 48.6 Å². The van der Waals surface area contributed by atoms with Gasteiger partial charge in [0.2, 0.25) is 17.5 Å². The van der Waals surface area contributed by atoms with Gasteiger partial charge in [-0.25, -0.2) is 0 Å². The molecule has 0 aromatic heterocycles. The van der Waals surface area contributed by atoms with Gasteiger partial charge in [-0.3, -0.25) is 19.3 Å². The number of carbonyl (C=O) groups excluding carboxylic acids is 3. The van der Waals surface area contributed by atoms with Gasteiger partial charge in [0.25, 0.3) is 0 Å². The number of rotatable bonds is 2. The van der Waals surface area contributed by atoms with Gasteiger partial charge in [-0.1, -0.05) is 41.4 Å². The minimum absolute atomic E-state index is 0.116. The summed E-state index contributed by atoms with van der Waals surface area (Å²) in [5.41, 5.74) is 4.45. The number of aryl methyl sites for hydroxylation is 2. The van der Waals surface area contributed by atoms with E-state index in [-0.39, 0.29) is 18.0 Å². The van der Waals surface area contributed by atoms with Gasteiger partial charge in [0.1, 0.15) is 5.92 Å². The lowest BCUT2D eigenvalue weighted by atomic mass is 9.81. The third kappa shape index (κ3) is 3.72. The molecule has 5 rings (SSSR count). The van der Waals surface area contributed by atoms with Gasteiger partial charge in [-0.2, -0.15) is 0 Å². The van der Waals surface area contributed by atoms with Crippen molar-refractivity contribution < 1.29 is 14.4 Å². The number of carbonyl (C=O) groups is 3. The van der Waals surface area contributed by atoms with Crippen molar-refractivity contribution >= 4 is 40.7 Å². The second-order valence-corrected chi connectivity index (χ2v) is 10.1. The maximum Gasteiger partial charge on any atom is 0.236 e. The summed E-state index contributed by atoms with van der Waals surface area (Å²) in [7, 11) is 0. The number of ketones is 2. The molecule has 1 amide bonds. The molecule has 2 aromatic carbocycles. The lowest BCUT2D eigenvalue weighted by Crippen LogP contribution is -2.64. The minimum Gasteiger partial charge on any atom is -0.327 e. The van der Waals surface area contributed by atoms with Crippen LogP contribution in [0.4, 0.5) is 0 Å². The van der Waals surface area contributed by atoms with Crippen molar-refractivity contribution in [2.24, 2.45) is 5.92 Å². The van der Waals surface area contributed by atoms with Crippen molar-refractivity contribution in [3.63, 3.8) is 0 Å². The summed E-state index contributed by atoms with van der Waals surface area (Å²) in [6.45, 7) is 4.20. The molecule has 1 saturated heterocycles. The Morgan fingerprint density at radius 1 is 0.909 bits per heavy atom. The first-order valence-corrected chi connectivity index (χ1v) is 11.9. The Hall–Kier alpha value is -2.47. The standard InChI is InChI=1S/C26H24Cl2N2O3/c1-14(2)29-13-30(21-9-10-22(31)25(32)23(21)26(29)33)24-19-7-5-17(27)11-15(19)3-4-16-12-18(28)6-8-20(16)24/h5-12,14,21,23-24H,3-4,13H2,1-2H3. The quantitative estimate of drug-likeness (QED) is 0.470. The van der Waals surface area contributed by atoms with E-state index < -0.39 is 23.5 Å². The van der Waals surface area contributed by atoms with Crippen LogP contribution in [0.25, 0.3) is 0 Å². The molecule has 0 radical (unpaired) electrons. The number of hydrogen-bond donors (Lipinski definition) is 0. The average molecular weight is 483 g/mol. The zero-order valence-corrected chi connectivity index (χ0v) is 19.9. The highest BCUT2D eigenvalue weighted by atomic mass is 35.5. The third-order valence-corrected chi connectivity index (χ3v) is 7.45. The summed E-state index contributed by atoms with van der Waals surface area (Å²) in [6.07, 6.45) is 4.65. The van der Waals surface area contributed by atoms with E-state index in [4.69, 9.17) is 23.2 Å². The summed E-state index contributed by atoms with van der Waals surface area (Å²) in [5, 5.41) is 1.34. The van der Waals surface area contributed by atoms with Crippen LogP contribution in [0.1, 0.15) is 42.1 Å². The van der Waals surface area contributed by atoms with Crippen molar-refractivity contribution in [1.29, 1.82) is 0 Å². The van der Waals surface area contributed by atoms with E-state index >= 15 is 0 Å². The molecule has 0 saturated carbocycles. The third-order valence-electron chi connectivity index (χ3n) is 6.98. The van der Waals surface area contributed by atoms with E-state index in [9.17, 15) is 14.4 Å². The Bertz CT molecular complexity index is 1150. The van der Waals surface area contributed by atoms with Crippen molar-refractivity contribution in [2.45, 2.75) is 44.8 Å². The first-order valence-electron chi connectivity index (χ1n) is 11.2. The number of nitrogens with zero attached hydrogens (tertiary/aromatic N) is 2. The van der Waals surface area contributed by atoms with Gasteiger partial charge in [0.15, 0.2) is 0 Å². The highest BCUT2D eigenvalue weighted by Gasteiger charge is 2.50. The molecular weight excluding hydrogens is 459 g/mol. The van der Waals surface area contributed by atoms with Gasteiger partial charge in [-0.05, 0) is 79.3 Å². The zero-order chi connectivity index (χ0) is 23.4. The van der Waals surface area contributed by atoms with Crippen molar-refractivity contribution in [3.05, 3.63) is 80.8 Å². The van der Waals surface area contributed by atoms with Crippen molar-refractivity contribution in [2.75, 3.05) is 6.67 Å². The largest absolute Gasteiger partial charge is 0.327 e. The summed E-state index contributed by atoms with van der Waals surface area (Å²) in [5.74, 6) is -2.57. The maximum atomic E-state index is 13.3. The second-order valence-electron chi connectivity index (χ2n) is 9.20. The fourth-order valence-electron chi connectivity index (χ4n) is 5.35. The molecule has 5 nitrogen and oxygen atoms in total. The van der Waals surface area contributed by atoms with Gasteiger partial charge in [-0.15, -0.1) is 0 Å². The van der Waals surface area contributed by atoms with E-state index in [1.54, 1.807) is 11.0 Å². The molecule has 2 atom stereocenters. The van der Waals surface area contributed by atoms with E-state index in [1.807, 2.05) is 50.2 Å². The number of Topliss-reactive ketones (excluding diaryl/α,β-unsaturated/α-hetero) is 1. The van der Waals surface area contributed by atoms with Gasteiger partial charge >= 0.3 is 0 Å². The highest BCUT2D eigenvalue weighted by Crippen LogP contribution is 2.43. The number of allylic oxidation sites excluding steroid dienone is 1. The van der Waals surface area contributed by atoms with E-state index in [0.717, 1.165) is 35.1 Å². The SMILES string of the molecule is CC(C)N1CN(C2c3ccc(Cl)cc3CCc3cc(Cl)ccc32)C2C=CC(=O)C(=O)C2C1=O. The van der Waals surface area contributed by atoms with Crippen LogP contribution >= 0.6 is 23.2 Å². The van der Waals surface area contributed by atoms with Crippen LogP contribution in [0.3, 0.4) is 0 Å². The smallest absolute Gasteiger partial charge is 0.236 e. The molecule has 2 unspecified atom stereocenters. The fourth-order valence-corrected chi connectivity index (χ4v) is 5.74. The number of benzene rings is 2. The highest BCUT2D eigenvalue weighted by molar-refractivity contribution is 6.46. The fraction of sp³-hybridized carbons (Fsp3) is 0.346. The summed E-state index contributed by atoms with van der Waals surface area (Å²) in [4.78, 5) is 42.3. The number of hydrogen-bond acceptors (Lipinski definition) is 4. The molecule has 1 fully saturated rings. The normalized spacial score (nSPS) is 23.4. The van der Waals surface area contributed by atoms with Crippen LogP contribution in [-0.4, -0.2) is 46.0 Å². The molecule has 2 aromatic rings. The average Bonchev–Trinajstić information content (AvgIpc) is 2.92. The van der Waals surface area contributed by atoms with Crippen molar-refractivity contribution in [3.8, 4) is 0 Å². The molecular formula is C26H24Cl2N2O3. The lowest BCUT2D eigenvalue weighted by molar-refractivity contribution is -0.158. The predicted molar refractivity (Wildman–Crippen MR) is 127 cm³/mol.